The Balaban J connectivity index is 2.30. The number of benzene rings is 2. The van der Waals surface area contributed by atoms with Crippen LogP contribution in [0.4, 0.5) is 5.69 Å². The Morgan fingerprint density at radius 2 is 1.69 bits per heavy atom. The van der Waals surface area contributed by atoms with E-state index >= 15 is 0 Å². The molecule has 0 aliphatic heterocycles. The van der Waals surface area contributed by atoms with Crippen LogP contribution in [0.1, 0.15) is 42.3 Å². The van der Waals surface area contributed by atoms with Crippen molar-refractivity contribution in [1.82, 2.24) is 4.72 Å². The minimum atomic E-state index is -3.70. The molecule has 0 heterocycles. The van der Waals surface area contributed by atoms with Gasteiger partial charge in [-0.25, -0.2) is 13.1 Å². The van der Waals surface area contributed by atoms with E-state index in [-0.39, 0.29) is 10.8 Å². The van der Waals surface area contributed by atoms with E-state index in [1.54, 1.807) is 64.1 Å². The zero-order valence-electron chi connectivity index (χ0n) is 15.5. The average Bonchev–Trinajstić information content (AvgIpc) is 2.54. The zero-order valence-corrected chi connectivity index (χ0v) is 16.3. The molecule has 1 amide bonds. The second-order valence-electron chi connectivity index (χ2n) is 7.14. The monoisotopic (exact) mass is 375 g/mol. The van der Waals surface area contributed by atoms with E-state index < -0.39 is 15.6 Å². The van der Waals surface area contributed by atoms with Crippen molar-refractivity contribution in [1.29, 1.82) is 0 Å². The van der Waals surface area contributed by atoms with Gasteiger partial charge in [-0.3, -0.25) is 4.79 Å². The standard InChI is InChI=1S/C19H25N3O3S/c1-13-16(21-18(23)15-10-8-14(12-20)9-11-15)6-5-7-17(13)26(24,25)22-19(2,3)4/h5-11,22H,12,20H2,1-4H3,(H,21,23). The van der Waals surface area contributed by atoms with E-state index in [4.69, 9.17) is 5.73 Å². The van der Waals surface area contributed by atoms with Crippen LogP contribution >= 0.6 is 0 Å². The molecule has 0 bridgehead atoms. The Bertz CT molecular complexity index is 899. The maximum Gasteiger partial charge on any atom is 0.255 e. The summed E-state index contributed by atoms with van der Waals surface area (Å²) in [6.07, 6.45) is 0. The summed E-state index contributed by atoms with van der Waals surface area (Å²) < 4.78 is 27.8. The van der Waals surface area contributed by atoms with E-state index in [1.807, 2.05) is 0 Å². The van der Waals surface area contributed by atoms with Gasteiger partial charge in [-0.1, -0.05) is 18.2 Å². The van der Waals surface area contributed by atoms with Gasteiger partial charge in [0.15, 0.2) is 0 Å². The molecule has 0 saturated carbocycles. The van der Waals surface area contributed by atoms with Crippen molar-refractivity contribution in [3.8, 4) is 0 Å². The van der Waals surface area contributed by atoms with E-state index in [2.05, 4.69) is 10.0 Å². The van der Waals surface area contributed by atoms with Crippen LogP contribution in [0.25, 0.3) is 0 Å². The predicted octanol–water partition coefficient (Wildman–Crippen LogP) is 2.78. The molecule has 2 aromatic rings. The van der Waals surface area contributed by atoms with Gasteiger partial charge in [-0.2, -0.15) is 0 Å². The molecule has 0 fully saturated rings. The largest absolute Gasteiger partial charge is 0.326 e. The summed E-state index contributed by atoms with van der Waals surface area (Å²) in [6.45, 7) is 7.40. The molecule has 0 aliphatic carbocycles. The number of hydrogen-bond donors (Lipinski definition) is 3. The molecule has 2 rings (SSSR count). The van der Waals surface area contributed by atoms with Crippen LogP contribution in [0.5, 0.6) is 0 Å². The van der Waals surface area contributed by atoms with Gasteiger partial charge in [-0.05, 0) is 63.1 Å². The quantitative estimate of drug-likeness (QED) is 0.748. The number of carbonyl (C=O) groups excluding carboxylic acids is 1. The lowest BCUT2D eigenvalue weighted by atomic mass is 10.1. The number of amides is 1. The Morgan fingerprint density at radius 1 is 1.08 bits per heavy atom. The molecule has 6 nitrogen and oxygen atoms in total. The molecular formula is C19H25N3O3S. The first-order valence-electron chi connectivity index (χ1n) is 8.27. The lowest BCUT2D eigenvalue weighted by molar-refractivity contribution is 0.102. The number of carbonyl (C=O) groups is 1. The van der Waals surface area contributed by atoms with Crippen LogP contribution in [0.2, 0.25) is 0 Å². The Hall–Kier alpha value is -2.22. The minimum Gasteiger partial charge on any atom is -0.326 e. The highest BCUT2D eigenvalue weighted by atomic mass is 32.2. The molecule has 7 heteroatoms. The first-order chi connectivity index (χ1) is 12.0. The fraction of sp³-hybridized carbons (Fsp3) is 0.316. The number of rotatable bonds is 5. The van der Waals surface area contributed by atoms with Crippen LogP contribution < -0.4 is 15.8 Å². The average molecular weight is 375 g/mol. The van der Waals surface area contributed by atoms with Crippen molar-refractivity contribution in [2.75, 3.05) is 5.32 Å². The highest BCUT2D eigenvalue weighted by molar-refractivity contribution is 7.89. The van der Waals surface area contributed by atoms with E-state index in [0.717, 1.165) is 5.56 Å². The van der Waals surface area contributed by atoms with E-state index in [1.165, 1.54) is 6.07 Å². The number of anilines is 1. The Labute approximate surface area is 154 Å². The molecule has 2 aromatic carbocycles. The topological polar surface area (TPSA) is 101 Å². The van der Waals surface area contributed by atoms with Crippen molar-refractivity contribution >= 4 is 21.6 Å². The number of nitrogens with one attached hydrogen (secondary N) is 2. The molecule has 4 N–H and O–H groups in total. The first-order valence-corrected chi connectivity index (χ1v) is 9.76. The smallest absolute Gasteiger partial charge is 0.255 e. The van der Waals surface area contributed by atoms with Crippen molar-refractivity contribution in [3.63, 3.8) is 0 Å². The molecule has 0 aromatic heterocycles. The maximum atomic E-state index is 12.6. The Kier molecular flexibility index (Phi) is 5.85. The van der Waals surface area contributed by atoms with Gasteiger partial charge in [0, 0.05) is 23.3 Å². The molecule has 0 saturated heterocycles. The highest BCUT2D eigenvalue weighted by Gasteiger charge is 2.24. The molecule has 0 spiro atoms. The number of sulfonamides is 1. The third kappa shape index (κ3) is 4.91. The fourth-order valence-corrected chi connectivity index (χ4v) is 4.17. The first kappa shape index (κ1) is 20.1. The third-order valence-electron chi connectivity index (χ3n) is 3.71. The summed E-state index contributed by atoms with van der Waals surface area (Å²) in [7, 11) is -3.70. The third-order valence-corrected chi connectivity index (χ3v) is 5.62. The number of hydrogen-bond acceptors (Lipinski definition) is 4. The van der Waals surface area contributed by atoms with Crippen molar-refractivity contribution in [2.45, 2.75) is 44.7 Å². The van der Waals surface area contributed by atoms with Crippen LogP contribution in [0.15, 0.2) is 47.4 Å². The van der Waals surface area contributed by atoms with E-state index in [0.29, 0.717) is 23.4 Å². The van der Waals surface area contributed by atoms with Crippen LogP contribution in [0.3, 0.4) is 0 Å². The molecule has 0 radical (unpaired) electrons. The normalized spacial score (nSPS) is 12.0. The van der Waals surface area contributed by atoms with Crippen LogP contribution in [-0.2, 0) is 16.6 Å². The number of nitrogens with two attached hydrogens (primary N) is 1. The van der Waals surface area contributed by atoms with Crippen molar-refractivity contribution in [3.05, 3.63) is 59.2 Å². The Morgan fingerprint density at radius 3 is 2.23 bits per heavy atom. The van der Waals surface area contributed by atoms with Crippen LogP contribution in [-0.4, -0.2) is 19.9 Å². The van der Waals surface area contributed by atoms with Gasteiger partial charge < -0.3 is 11.1 Å². The van der Waals surface area contributed by atoms with Gasteiger partial charge >= 0.3 is 0 Å². The van der Waals surface area contributed by atoms with Crippen molar-refractivity contribution < 1.29 is 13.2 Å². The summed E-state index contributed by atoms with van der Waals surface area (Å²) in [5.41, 5.74) is 7.30. The maximum absolute atomic E-state index is 12.6. The summed E-state index contributed by atoms with van der Waals surface area (Å²) in [5, 5.41) is 2.78. The van der Waals surface area contributed by atoms with Gasteiger partial charge in [0.05, 0.1) is 4.90 Å². The lowest BCUT2D eigenvalue weighted by Gasteiger charge is -2.22. The van der Waals surface area contributed by atoms with Gasteiger partial charge in [0.1, 0.15) is 0 Å². The van der Waals surface area contributed by atoms with Crippen molar-refractivity contribution in [2.24, 2.45) is 5.73 Å². The SMILES string of the molecule is Cc1c(NC(=O)c2ccc(CN)cc2)cccc1S(=O)(=O)NC(C)(C)C. The summed E-state index contributed by atoms with van der Waals surface area (Å²) in [4.78, 5) is 12.6. The molecule has 0 unspecified atom stereocenters. The second kappa shape index (κ2) is 7.57. The summed E-state index contributed by atoms with van der Waals surface area (Å²) in [5.74, 6) is -0.310. The van der Waals surface area contributed by atoms with Gasteiger partial charge in [0.2, 0.25) is 10.0 Å². The lowest BCUT2D eigenvalue weighted by Crippen LogP contribution is -2.40. The van der Waals surface area contributed by atoms with Gasteiger partial charge in [0.25, 0.3) is 5.91 Å². The predicted molar refractivity (Wildman–Crippen MR) is 104 cm³/mol. The summed E-state index contributed by atoms with van der Waals surface area (Å²) >= 11 is 0. The molecular weight excluding hydrogens is 350 g/mol. The molecule has 0 atom stereocenters. The zero-order chi connectivity index (χ0) is 19.5. The fourth-order valence-electron chi connectivity index (χ4n) is 2.49. The summed E-state index contributed by atoms with van der Waals surface area (Å²) in [6, 6.07) is 11.8. The second-order valence-corrected chi connectivity index (χ2v) is 8.79. The molecule has 26 heavy (non-hydrogen) atoms. The van der Waals surface area contributed by atoms with Crippen LogP contribution in [0, 0.1) is 6.92 Å². The molecule has 140 valence electrons. The highest BCUT2D eigenvalue weighted by Crippen LogP contribution is 2.24. The minimum absolute atomic E-state index is 0.142. The van der Waals surface area contributed by atoms with Gasteiger partial charge in [-0.15, -0.1) is 0 Å². The molecule has 0 aliphatic rings. The van der Waals surface area contributed by atoms with E-state index in [9.17, 15) is 13.2 Å².